The molecule has 0 saturated carbocycles. The molecule has 0 aliphatic carbocycles. The van der Waals surface area contributed by atoms with Gasteiger partial charge in [0.15, 0.2) is 17.3 Å². The third-order valence-electron chi connectivity index (χ3n) is 4.04. The summed E-state index contributed by atoms with van der Waals surface area (Å²) in [5.74, 6) is -1.81. The topological polar surface area (TPSA) is 116 Å². The lowest BCUT2D eigenvalue weighted by Crippen LogP contribution is -2.24. The number of ketones is 1. The quantitative estimate of drug-likeness (QED) is 0.344. The maximum Gasteiger partial charge on any atom is 0.313 e. The minimum atomic E-state index is -0.912. The number of hydrogen-bond acceptors (Lipinski definition) is 7. The van der Waals surface area contributed by atoms with Crippen molar-refractivity contribution in [3.05, 3.63) is 52.5 Å². The average molecular weight is 420 g/mol. The van der Waals surface area contributed by atoms with E-state index in [9.17, 15) is 24.9 Å². The molecule has 2 rings (SSSR count). The number of hydrogen-bond donors (Lipinski definition) is 3. The average Bonchev–Trinajstić information content (AvgIpc) is 2.68. The lowest BCUT2D eigenvalue weighted by atomic mass is 10.0. The normalized spacial score (nSPS) is 12.3. The maximum absolute atomic E-state index is 12.1. The Morgan fingerprint density at radius 2 is 1.83 bits per heavy atom. The first-order valence-corrected chi connectivity index (χ1v) is 9.28. The van der Waals surface area contributed by atoms with E-state index < -0.39 is 30.3 Å². The van der Waals surface area contributed by atoms with Crippen LogP contribution in [0, 0.1) is 5.92 Å². The summed E-state index contributed by atoms with van der Waals surface area (Å²) in [7, 11) is 0. The van der Waals surface area contributed by atoms with Crippen LogP contribution in [0.1, 0.15) is 25.0 Å². The van der Waals surface area contributed by atoms with Crippen molar-refractivity contribution in [2.75, 3.05) is 6.61 Å². The van der Waals surface area contributed by atoms with Crippen molar-refractivity contribution in [3.63, 3.8) is 0 Å². The lowest BCUT2D eigenvalue weighted by Gasteiger charge is -2.12. The minimum Gasteiger partial charge on any atom is -0.508 e. The highest BCUT2D eigenvalue weighted by molar-refractivity contribution is 6.31. The number of ether oxygens (including phenoxy) is 1. The summed E-state index contributed by atoms with van der Waals surface area (Å²) in [5.41, 5.74) is 0.888. The largest absolute Gasteiger partial charge is 0.508 e. The number of rotatable bonds is 8. The number of aliphatic hydroxyl groups excluding tert-OH is 1. The molecule has 29 heavy (non-hydrogen) atoms. The predicted octanol–water partition coefficient (Wildman–Crippen LogP) is 2.90. The fourth-order valence-corrected chi connectivity index (χ4v) is 2.59. The number of carbonyl (C=O) groups excluding carboxylic acids is 2. The summed E-state index contributed by atoms with van der Waals surface area (Å²) < 4.78 is 5.14. The van der Waals surface area contributed by atoms with Gasteiger partial charge >= 0.3 is 5.97 Å². The summed E-state index contributed by atoms with van der Waals surface area (Å²) in [6, 6.07) is 8.06. The van der Waals surface area contributed by atoms with Gasteiger partial charge in [-0.2, -0.15) is 0 Å². The van der Waals surface area contributed by atoms with Crippen molar-refractivity contribution in [2.45, 2.75) is 26.3 Å². The second kappa shape index (κ2) is 10.0. The zero-order valence-electron chi connectivity index (χ0n) is 16.0. The van der Waals surface area contributed by atoms with Gasteiger partial charge in [0.25, 0.3) is 0 Å². The van der Waals surface area contributed by atoms with Gasteiger partial charge in [0.2, 0.25) is 0 Å². The molecule has 0 spiro atoms. The monoisotopic (exact) mass is 419 g/mol. The van der Waals surface area contributed by atoms with Crippen molar-refractivity contribution in [2.24, 2.45) is 10.9 Å². The van der Waals surface area contributed by atoms with E-state index in [1.54, 1.807) is 26.0 Å². The van der Waals surface area contributed by atoms with Crippen LogP contribution in [0.4, 0.5) is 0 Å². The molecule has 7 nitrogen and oxygen atoms in total. The molecular formula is C21H22ClNO6. The van der Waals surface area contributed by atoms with Gasteiger partial charge in [-0.1, -0.05) is 37.6 Å². The lowest BCUT2D eigenvalue weighted by molar-refractivity contribution is -0.137. The van der Waals surface area contributed by atoms with Crippen molar-refractivity contribution < 1.29 is 29.6 Å². The number of aliphatic imine (C=N–C) groups is 1. The van der Waals surface area contributed by atoms with Gasteiger partial charge in [-0.05, 0) is 23.8 Å². The Balaban J connectivity index is 2.29. The molecule has 0 bridgehead atoms. The summed E-state index contributed by atoms with van der Waals surface area (Å²) in [6.45, 7) is 2.61. The molecule has 8 heteroatoms. The number of aromatic hydroxyl groups is 2. The van der Waals surface area contributed by atoms with Crippen molar-refractivity contribution >= 4 is 29.6 Å². The van der Waals surface area contributed by atoms with Crippen molar-refractivity contribution in [1.29, 1.82) is 0 Å². The molecule has 1 unspecified atom stereocenters. The first-order valence-electron chi connectivity index (χ1n) is 8.90. The third-order valence-corrected chi connectivity index (χ3v) is 4.26. The highest BCUT2D eigenvalue weighted by Crippen LogP contribution is 2.33. The summed E-state index contributed by atoms with van der Waals surface area (Å²) in [6.07, 6.45) is 1.43. The highest BCUT2D eigenvalue weighted by atomic mass is 35.5. The summed E-state index contributed by atoms with van der Waals surface area (Å²) >= 11 is 6.04. The molecule has 0 aromatic heterocycles. The molecule has 0 saturated heterocycles. The van der Waals surface area contributed by atoms with Gasteiger partial charge in [0, 0.05) is 29.3 Å². The molecule has 0 aliphatic heterocycles. The molecule has 0 amide bonds. The minimum absolute atomic E-state index is 0.0922. The molecule has 154 valence electrons. The molecule has 1 atom stereocenters. The number of aliphatic hydroxyl groups is 1. The number of esters is 1. The van der Waals surface area contributed by atoms with Gasteiger partial charge in [-0.3, -0.25) is 14.6 Å². The first-order chi connectivity index (χ1) is 13.7. The van der Waals surface area contributed by atoms with E-state index in [0.717, 1.165) is 5.56 Å². The first kappa shape index (κ1) is 22.4. The molecule has 2 aromatic rings. The Labute approximate surface area is 173 Å². The van der Waals surface area contributed by atoms with Crippen LogP contribution in [0.25, 0.3) is 0 Å². The van der Waals surface area contributed by atoms with Crippen LogP contribution in [0.15, 0.2) is 41.4 Å². The Kier molecular flexibility index (Phi) is 7.75. The van der Waals surface area contributed by atoms with Gasteiger partial charge in [-0.25, -0.2) is 0 Å². The number of benzene rings is 2. The zero-order valence-corrected chi connectivity index (χ0v) is 16.8. The Bertz CT molecular complexity index is 908. The number of halogens is 1. The van der Waals surface area contributed by atoms with Crippen LogP contribution >= 0.6 is 11.6 Å². The predicted molar refractivity (Wildman–Crippen MR) is 109 cm³/mol. The van der Waals surface area contributed by atoms with Crippen LogP contribution < -0.4 is 4.74 Å². The van der Waals surface area contributed by atoms with Gasteiger partial charge in [0.05, 0.1) is 5.92 Å². The molecular weight excluding hydrogens is 398 g/mol. The van der Waals surface area contributed by atoms with Gasteiger partial charge < -0.3 is 20.1 Å². The van der Waals surface area contributed by atoms with E-state index in [0.29, 0.717) is 0 Å². The van der Waals surface area contributed by atoms with E-state index in [1.807, 2.05) is 0 Å². The Hall–Kier alpha value is -2.90. The number of phenols is 2. The van der Waals surface area contributed by atoms with Crippen LogP contribution in [-0.4, -0.2) is 45.9 Å². The smallest absolute Gasteiger partial charge is 0.313 e. The molecule has 3 N–H and O–H groups in total. The second-order valence-electron chi connectivity index (χ2n) is 6.71. The Morgan fingerprint density at radius 1 is 1.17 bits per heavy atom. The fourth-order valence-electron chi connectivity index (χ4n) is 2.38. The number of nitrogens with zero attached hydrogens (tertiary/aromatic N) is 1. The molecule has 0 aliphatic rings. The second-order valence-corrected chi connectivity index (χ2v) is 7.14. The van der Waals surface area contributed by atoms with Crippen LogP contribution in [-0.2, 0) is 16.0 Å². The molecule has 2 aromatic carbocycles. The molecule has 0 fully saturated rings. The summed E-state index contributed by atoms with van der Waals surface area (Å²) in [4.78, 5) is 28.1. The van der Waals surface area contributed by atoms with Gasteiger partial charge in [-0.15, -0.1) is 0 Å². The standard InChI is InChI=1S/C21H22ClNO6/c1-12(2)21(28)29-19-9-15(22)8-14(20(19)27)10-23-17(18(26)11-24)7-13-3-5-16(25)6-4-13/h3-6,8-10,12,17,24-25,27H,7,11H2,1-2H3. The SMILES string of the molecule is CC(C)C(=O)Oc1cc(Cl)cc(C=NC(Cc2ccc(O)cc2)C(=O)CO)c1O. The van der Waals surface area contributed by atoms with Crippen LogP contribution in [0.5, 0.6) is 17.2 Å². The highest BCUT2D eigenvalue weighted by Gasteiger charge is 2.19. The van der Waals surface area contributed by atoms with Crippen molar-refractivity contribution in [3.8, 4) is 17.2 Å². The van der Waals surface area contributed by atoms with Crippen molar-refractivity contribution in [1.82, 2.24) is 0 Å². The summed E-state index contributed by atoms with van der Waals surface area (Å²) in [5, 5.41) is 29.2. The van der Waals surface area contributed by atoms with Gasteiger partial charge in [0.1, 0.15) is 18.4 Å². The molecule has 0 heterocycles. The van der Waals surface area contributed by atoms with Crippen LogP contribution in [0.3, 0.4) is 0 Å². The van der Waals surface area contributed by atoms with Crippen LogP contribution in [0.2, 0.25) is 5.02 Å². The fraction of sp³-hybridized carbons (Fsp3) is 0.286. The van der Waals surface area contributed by atoms with E-state index in [4.69, 9.17) is 16.3 Å². The zero-order chi connectivity index (χ0) is 21.6. The third kappa shape index (κ3) is 6.30. The number of Topliss-reactive ketones (excluding diaryl/α,β-unsaturated/α-hetero) is 1. The number of carbonyl (C=O) groups is 2. The van der Waals surface area contributed by atoms with E-state index >= 15 is 0 Å². The Morgan fingerprint density at radius 3 is 2.41 bits per heavy atom. The van der Waals surface area contributed by atoms with E-state index in [2.05, 4.69) is 4.99 Å². The molecule has 0 radical (unpaired) electrons. The van der Waals surface area contributed by atoms with E-state index in [-0.39, 0.29) is 34.3 Å². The number of phenolic OH excluding ortho intramolecular Hbond substituents is 2. The van der Waals surface area contributed by atoms with E-state index in [1.165, 1.54) is 30.5 Å². The maximum atomic E-state index is 12.1.